The number of isocyanates is 1. The van der Waals surface area contributed by atoms with Gasteiger partial charge in [-0.3, -0.25) is 4.57 Å². The Kier molecular flexibility index (Phi) is 4.24. The van der Waals surface area contributed by atoms with E-state index in [1.54, 1.807) is 6.92 Å². The van der Waals surface area contributed by atoms with Gasteiger partial charge in [0.2, 0.25) is 14.1 Å². The molecule has 9 heavy (non-hydrogen) atoms. The fraction of sp³-hybridized carbons (Fsp3) is 0.750. The smallest absolute Gasteiger partial charge is 0.235 e. The molecule has 1 N–H and O–H groups in total. The van der Waals surface area contributed by atoms with Gasteiger partial charge in [0.05, 0.1) is 0 Å². The van der Waals surface area contributed by atoms with Crippen LogP contribution in [0.5, 0.6) is 0 Å². The van der Waals surface area contributed by atoms with Crippen molar-refractivity contribution in [3.05, 3.63) is 0 Å². The van der Waals surface area contributed by atoms with Gasteiger partial charge in [-0.05, 0) is 6.42 Å². The van der Waals surface area contributed by atoms with Gasteiger partial charge in [0, 0.05) is 0 Å². The fourth-order valence-corrected chi connectivity index (χ4v) is 0.897. The molecule has 0 aromatic heterocycles. The molecule has 52 valence electrons. The van der Waals surface area contributed by atoms with E-state index in [1.807, 2.05) is 0 Å². The zero-order valence-corrected chi connectivity index (χ0v) is 6.00. The van der Waals surface area contributed by atoms with Gasteiger partial charge in [-0.1, -0.05) is 6.92 Å². The van der Waals surface area contributed by atoms with Crippen LogP contribution in [0, 0.1) is 0 Å². The second-order valence-electron chi connectivity index (χ2n) is 1.48. The molecule has 0 amide bonds. The van der Waals surface area contributed by atoms with Crippen LogP contribution in [0.1, 0.15) is 13.3 Å². The van der Waals surface area contributed by atoms with Crippen LogP contribution in [0.4, 0.5) is 0 Å². The van der Waals surface area contributed by atoms with E-state index in [0.717, 1.165) is 0 Å². The Bertz CT molecular complexity index is 150. The van der Waals surface area contributed by atoms with E-state index < -0.39 is 13.8 Å². The summed E-state index contributed by atoms with van der Waals surface area (Å²) >= 11 is 0. The van der Waals surface area contributed by atoms with E-state index >= 15 is 0 Å². The summed E-state index contributed by atoms with van der Waals surface area (Å²) in [6.07, 6.45) is 1.65. The Morgan fingerprint density at radius 2 is 2.44 bits per heavy atom. The van der Waals surface area contributed by atoms with Crippen molar-refractivity contribution in [3.8, 4) is 0 Å². The summed E-state index contributed by atoms with van der Waals surface area (Å²) in [6, 6.07) is 0. The van der Waals surface area contributed by atoms with Crippen molar-refractivity contribution in [2.24, 2.45) is 4.99 Å². The van der Waals surface area contributed by atoms with Crippen molar-refractivity contribution in [1.29, 1.82) is 0 Å². The lowest BCUT2D eigenvalue weighted by Gasteiger charge is -1.98. The fourth-order valence-electron chi connectivity index (χ4n) is 0.385. The minimum atomic E-state index is -2.67. The van der Waals surface area contributed by atoms with Gasteiger partial charge in [-0.15, -0.1) is 0 Å². The summed E-state index contributed by atoms with van der Waals surface area (Å²) in [4.78, 5) is 21.1. The first-order valence-electron chi connectivity index (χ1n) is 2.52. The molecule has 0 saturated carbocycles. The number of aliphatic imine (C=N–C) groups is 1. The first-order chi connectivity index (χ1) is 4.22. The van der Waals surface area contributed by atoms with Crippen LogP contribution in [-0.4, -0.2) is 16.8 Å². The van der Waals surface area contributed by atoms with Crippen LogP contribution in [0.2, 0.25) is 0 Å². The van der Waals surface area contributed by atoms with E-state index in [0.29, 0.717) is 6.42 Å². The number of carbonyl (C=O) groups excluding carboxylic acids is 1. The number of hydrogen-bond donors (Lipinski definition) is 1. The molecule has 0 aromatic rings. The third-order valence-corrected chi connectivity index (χ3v) is 1.99. The first-order valence-corrected chi connectivity index (χ1v) is 3.95. The van der Waals surface area contributed by atoms with Crippen molar-refractivity contribution < 1.29 is 14.3 Å². The number of rotatable bonds is 3. The summed E-state index contributed by atoms with van der Waals surface area (Å²) in [7, 11) is -2.67. The molecule has 0 spiro atoms. The van der Waals surface area contributed by atoms with Crippen molar-refractivity contribution >= 4 is 14.1 Å². The van der Waals surface area contributed by atoms with Crippen LogP contribution >= 0.6 is 8.03 Å². The van der Waals surface area contributed by atoms with Gasteiger partial charge in [0.15, 0.2) is 0 Å². The number of hydrogen-bond acceptors (Lipinski definition) is 3. The molecule has 2 unspecified atom stereocenters. The molecule has 0 heterocycles. The largest absolute Gasteiger partial charge is 0.345 e. The van der Waals surface area contributed by atoms with Crippen LogP contribution in [0.25, 0.3) is 0 Å². The Labute approximate surface area is 53.5 Å². The minimum Gasteiger partial charge on any atom is -0.345 e. The molecule has 0 aliphatic carbocycles. The molecule has 4 nitrogen and oxygen atoms in total. The third kappa shape index (κ3) is 3.20. The summed E-state index contributed by atoms with van der Waals surface area (Å²) in [5.41, 5.74) is 0. The molecule has 0 aromatic carbocycles. The maximum Gasteiger partial charge on any atom is 0.235 e. The molecule has 0 saturated heterocycles. The van der Waals surface area contributed by atoms with Crippen molar-refractivity contribution in [2.45, 2.75) is 19.1 Å². The first kappa shape index (κ1) is 8.57. The van der Waals surface area contributed by atoms with Gasteiger partial charge in [-0.2, -0.15) is 4.99 Å². The highest BCUT2D eigenvalue weighted by molar-refractivity contribution is 7.38. The van der Waals surface area contributed by atoms with Gasteiger partial charge >= 0.3 is 0 Å². The molecule has 0 rings (SSSR count). The zero-order chi connectivity index (χ0) is 7.28. The summed E-state index contributed by atoms with van der Waals surface area (Å²) < 4.78 is 10.2. The SMILES string of the molecule is CCC(N=C=O)[PH](=O)O. The van der Waals surface area contributed by atoms with Crippen LogP contribution in [0.3, 0.4) is 0 Å². The Morgan fingerprint density at radius 3 is 2.56 bits per heavy atom. The van der Waals surface area contributed by atoms with Crippen molar-refractivity contribution in [2.75, 3.05) is 0 Å². The van der Waals surface area contributed by atoms with E-state index in [4.69, 9.17) is 4.89 Å². The normalized spacial score (nSPS) is 15.8. The Balaban J connectivity index is 3.98. The van der Waals surface area contributed by atoms with E-state index in [1.165, 1.54) is 6.08 Å². The quantitative estimate of drug-likeness (QED) is 0.361. The second kappa shape index (κ2) is 4.45. The van der Waals surface area contributed by atoms with Crippen molar-refractivity contribution in [1.82, 2.24) is 0 Å². The Morgan fingerprint density at radius 1 is 1.89 bits per heavy atom. The molecule has 0 aliphatic heterocycles. The Hall–Kier alpha value is -0.430. The number of nitrogens with zero attached hydrogens (tertiary/aromatic N) is 1. The highest BCUT2D eigenvalue weighted by Gasteiger charge is 2.08. The summed E-state index contributed by atoms with van der Waals surface area (Å²) in [5, 5.41) is 0. The third-order valence-electron chi connectivity index (χ3n) is 0.880. The molecule has 0 bridgehead atoms. The molecule has 5 heteroatoms. The standard InChI is InChI=1S/C4H8NO3P/c1-2-4(5-3-6)9(7)8/h4,9H,2H2,1H3,(H,7,8). The maximum absolute atomic E-state index is 10.2. The minimum absolute atomic E-state index is 0.406. The topological polar surface area (TPSA) is 66.7 Å². The van der Waals surface area contributed by atoms with Crippen LogP contribution in [0.15, 0.2) is 4.99 Å². The lowest BCUT2D eigenvalue weighted by Crippen LogP contribution is -1.93. The molecule has 0 fully saturated rings. The monoisotopic (exact) mass is 149 g/mol. The predicted molar refractivity (Wildman–Crippen MR) is 33.4 cm³/mol. The van der Waals surface area contributed by atoms with Gasteiger partial charge in [0.1, 0.15) is 5.78 Å². The molecular formula is C4H8NO3P. The predicted octanol–water partition coefficient (Wildman–Crippen LogP) is 0.525. The average molecular weight is 149 g/mol. The van der Waals surface area contributed by atoms with E-state index in [9.17, 15) is 9.36 Å². The van der Waals surface area contributed by atoms with Crippen LogP contribution < -0.4 is 0 Å². The van der Waals surface area contributed by atoms with Crippen molar-refractivity contribution in [3.63, 3.8) is 0 Å². The molecule has 2 atom stereocenters. The summed E-state index contributed by atoms with van der Waals surface area (Å²) in [6.45, 7) is 1.68. The zero-order valence-electron chi connectivity index (χ0n) is 5.00. The highest BCUT2D eigenvalue weighted by Crippen LogP contribution is 2.25. The van der Waals surface area contributed by atoms with Gasteiger partial charge < -0.3 is 4.89 Å². The van der Waals surface area contributed by atoms with Gasteiger partial charge in [0.25, 0.3) is 0 Å². The molecule has 0 aliphatic rings. The molecular weight excluding hydrogens is 141 g/mol. The van der Waals surface area contributed by atoms with E-state index in [2.05, 4.69) is 4.99 Å². The summed E-state index contributed by atoms with van der Waals surface area (Å²) in [5.74, 6) is -0.729. The van der Waals surface area contributed by atoms with Gasteiger partial charge in [-0.25, -0.2) is 4.79 Å². The lowest BCUT2D eigenvalue weighted by molar-refractivity contribution is 0.486. The lowest BCUT2D eigenvalue weighted by atomic mass is 10.5. The molecule has 0 radical (unpaired) electrons. The van der Waals surface area contributed by atoms with Crippen LogP contribution in [-0.2, 0) is 9.36 Å². The maximum atomic E-state index is 10.2. The second-order valence-corrected chi connectivity index (χ2v) is 2.83. The average Bonchev–Trinajstić information content (AvgIpc) is 1.82. The highest BCUT2D eigenvalue weighted by atomic mass is 31.1. The van der Waals surface area contributed by atoms with E-state index in [-0.39, 0.29) is 0 Å².